The molecule has 2 aliphatic heterocycles. The quantitative estimate of drug-likeness (QED) is 0.469. The van der Waals surface area contributed by atoms with Gasteiger partial charge in [0, 0.05) is 47.9 Å². The van der Waals surface area contributed by atoms with Gasteiger partial charge in [0.25, 0.3) is 5.91 Å². The number of hydrogen-bond acceptors (Lipinski definition) is 6. The summed E-state index contributed by atoms with van der Waals surface area (Å²) in [5.74, 6) is 0.760. The van der Waals surface area contributed by atoms with Crippen LogP contribution < -0.4 is 25.9 Å². The van der Waals surface area contributed by atoms with Gasteiger partial charge in [-0.05, 0) is 48.2 Å². The SMILES string of the molecule is CC1=C(CC(=O)NCc2cc(Cl)ccc2CN)C(=O)N(NCc2cc3c(cc2Cl)OCO3)CC1.Cl. The number of carbonyl (C=O) groups excluding carboxylic acids is 2. The molecule has 4 N–H and O–H groups in total. The van der Waals surface area contributed by atoms with Crippen molar-refractivity contribution < 1.29 is 19.1 Å². The fraction of sp³-hybridized carbons (Fsp3) is 0.333. The number of hydrogen-bond donors (Lipinski definition) is 3. The summed E-state index contributed by atoms with van der Waals surface area (Å²) in [7, 11) is 0. The Morgan fingerprint density at radius 3 is 2.57 bits per heavy atom. The molecule has 2 aromatic carbocycles. The molecule has 188 valence electrons. The van der Waals surface area contributed by atoms with E-state index in [2.05, 4.69) is 10.7 Å². The Morgan fingerprint density at radius 2 is 1.83 bits per heavy atom. The lowest BCUT2D eigenvalue weighted by Gasteiger charge is -2.30. The highest BCUT2D eigenvalue weighted by Gasteiger charge is 2.27. The second-order valence-corrected chi connectivity index (χ2v) is 9.01. The van der Waals surface area contributed by atoms with Crippen molar-refractivity contribution >= 4 is 47.4 Å². The molecular formula is C24H27Cl3N4O4. The maximum atomic E-state index is 13.1. The number of carbonyl (C=O) groups is 2. The molecule has 0 saturated heterocycles. The number of halogens is 3. The molecule has 0 atom stereocenters. The zero-order valence-corrected chi connectivity index (χ0v) is 21.5. The molecular weight excluding hydrogens is 515 g/mol. The average molecular weight is 542 g/mol. The second-order valence-electron chi connectivity index (χ2n) is 8.17. The van der Waals surface area contributed by atoms with Gasteiger partial charge in [-0.1, -0.05) is 34.8 Å². The third-order valence-corrected chi connectivity index (χ3v) is 6.52. The molecule has 2 amide bonds. The molecule has 0 unspecified atom stereocenters. The molecule has 0 fully saturated rings. The summed E-state index contributed by atoms with van der Waals surface area (Å²) in [6.45, 7) is 3.51. The van der Waals surface area contributed by atoms with Crippen molar-refractivity contribution in [3.05, 3.63) is 68.2 Å². The molecule has 0 spiro atoms. The number of hydrazine groups is 1. The first-order valence-corrected chi connectivity index (χ1v) is 11.7. The predicted octanol–water partition coefficient (Wildman–Crippen LogP) is 3.86. The Hall–Kier alpha value is -2.49. The van der Waals surface area contributed by atoms with E-state index in [9.17, 15) is 9.59 Å². The standard InChI is InChI=1S/C24H26Cl2N4O4.ClH/c1-14-4-5-30(29-12-17-7-21-22(9-20(17)26)34-13-33-21)24(32)19(14)8-23(31)28-11-16-6-18(25)3-2-15(16)10-27;/h2-3,6-7,9,29H,4-5,8,10-13,27H2,1H3,(H,28,31);1H. The first-order valence-electron chi connectivity index (χ1n) is 10.9. The van der Waals surface area contributed by atoms with Crippen LogP contribution in [0.2, 0.25) is 10.0 Å². The lowest BCUT2D eigenvalue weighted by Crippen LogP contribution is -2.47. The number of nitrogens with one attached hydrogen (secondary N) is 2. The molecule has 8 nitrogen and oxygen atoms in total. The first-order chi connectivity index (χ1) is 16.4. The van der Waals surface area contributed by atoms with Gasteiger partial charge in [0.2, 0.25) is 12.7 Å². The third kappa shape index (κ3) is 6.39. The highest BCUT2D eigenvalue weighted by molar-refractivity contribution is 6.31. The molecule has 35 heavy (non-hydrogen) atoms. The molecule has 0 bridgehead atoms. The fourth-order valence-electron chi connectivity index (χ4n) is 3.91. The smallest absolute Gasteiger partial charge is 0.264 e. The average Bonchev–Trinajstić information content (AvgIpc) is 3.27. The van der Waals surface area contributed by atoms with Gasteiger partial charge >= 0.3 is 0 Å². The second kappa shape index (κ2) is 12.0. The van der Waals surface area contributed by atoms with Gasteiger partial charge in [0.15, 0.2) is 11.5 Å². The van der Waals surface area contributed by atoms with Crippen LogP contribution in [0.1, 0.15) is 36.5 Å². The van der Waals surface area contributed by atoms with Gasteiger partial charge in [-0.15, -0.1) is 12.4 Å². The van der Waals surface area contributed by atoms with E-state index in [0.717, 1.165) is 22.3 Å². The van der Waals surface area contributed by atoms with Crippen molar-refractivity contribution in [2.75, 3.05) is 13.3 Å². The van der Waals surface area contributed by atoms with Crippen LogP contribution >= 0.6 is 35.6 Å². The fourth-order valence-corrected chi connectivity index (χ4v) is 4.32. The van der Waals surface area contributed by atoms with Crippen LogP contribution in [0.3, 0.4) is 0 Å². The Morgan fingerprint density at radius 1 is 1.09 bits per heavy atom. The Labute approximate surface area is 220 Å². The molecule has 0 aliphatic carbocycles. The molecule has 2 heterocycles. The maximum absolute atomic E-state index is 13.1. The number of benzene rings is 2. The summed E-state index contributed by atoms with van der Waals surface area (Å²) in [6, 6.07) is 8.90. The van der Waals surface area contributed by atoms with Crippen molar-refractivity contribution in [2.45, 2.75) is 39.4 Å². The number of nitrogens with two attached hydrogens (primary N) is 1. The minimum atomic E-state index is -0.244. The van der Waals surface area contributed by atoms with Gasteiger partial charge in [-0.2, -0.15) is 0 Å². The molecule has 2 aromatic rings. The predicted molar refractivity (Wildman–Crippen MR) is 136 cm³/mol. The molecule has 4 rings (SSSR count). The summed E-state index contributed by atoms with van der Waals surface area (Å²) in [6.07, 6.45) is 0.661. The highest BCUT2D eigenvalue weighted by Crippen LogP contribution is 2.36. The van der Waals surface area contributed by atoms with Crippen molar-refractivity contribution in [3.8, 4) is 11.5 Å². The normalized spacial score (nSPS) is 14.7. The van der Waals surface area contributed by atoms with E-state index in [1.165, 1.54) is 5.01 Å². The zero-order valence-electron chi connectivity index (χ0n) is 19.2. The van der Waals surface area contributed by atoms with E-state index in [1.54, 1.807) is 24.3 Å². The summed E-state index contributed by atoms with van der Waals surface area (Å²) in [5.41, 5.74) is 12.8. The molecule has 2 aliphatic rings. The number of nitrogens with zero attached hydrogens (tertiary/aromatic N) is 1. The number of fused-ring (bicyclic) bond motifs is 1. The minimum Gasteiger partial charge on any atom is -0.454 e. The van der Waals surface area contributed by atoms with Gasteiger partial charge in [-0.25, -0.2) is 5.43 Å². The summed E-state index contributed by atoms with van der Waals surface area (Å²) in [4.78, 5) is 25.8. The van der Waals surface area contributed by atoms with E-state index >= 15 is 0 Å². The Kier molecular flexibility index (Phi) is 9.27. The Bertz CT molecular complexity index is 1160. The summed E-state index contributed by atoms with van der Waals surface area (Å²) in [5, 5.41) is 5.49. The van der Waals surface area contributed by atoms with Crippen LogP contribution in [-0.4, -0.2) is 30.2 Å². The molecule has 0 radical (unpaired) electrons. The molecule has 0 aromatic heterocycles. The lowest BCUT2D eigenvalue weighted by atomic mass is 9.98. The van der Waals surface area contributed by atoms with E-state index in [1.807, 2.05) is 13.0 Å². The first kappa shape index (κ1) is 27.1. The topological polar surface area (TPSA) is 106 Å². The van der Waals surface area contributed by atoms with Crippen LogP contribution in [0.5, 0.6) is 11.5 Å². The van der Waals surface area contributed by atoms with E-state index < -0.39 is 0 Å². The van der Waals surface area contributed by atoms with E-state index in [-0.39, 0.29) is 44.0 Å². The van der Waals surface area contributed by atoms with E-state index in [0.29, 0.717) is 53.2 Å². The number of rotatable bonds is 8. The van der Waals surface area contributed by atoms with Crippen molar-refractivity contribution in [1.29, 1.82) is 0 Å². The monoisotopic (exact) mass is 540 g/mol. The maximum Gasteiger partial charge on any atom is 0.264 e. The van der Waals surface area contributed by atoms with E-state index in [4.69, 9.17) is 38.4 Å². The lowest BCUT2D eigenvalue weighted by molar-refractivity contribution is -0.132. The van der Waals surface area contributed by atoms with Gasteiger partial charge in [0.1, 0.15) is 0 Å². The van der Waals surface area contributed by atoms with Crippen molar-refractivity contribution in [3.63, 3.8) is 0 Å². The van der Waals surface area contributed by atoms with Crippen molar-refractivity contribution in [2.24, 2.45) is 5.73 Å². The summed E-state index contributed by atoms with van der Waals surface area (Å²) >= 11 is 12.4. The third-order valence-electron chi connectivity index (χ3n) is 5.93. The van der Waals surface area contributed by atoms with Crippen LogP contribution in [0.4, 0.5) is 0 Å². The van der Waals surface area contributed by atoms with Gasteiger partial charge in [0.05, 0.1) is 6.42 Å². The highest BCUT2D eigenvalue weighted by atomic mass is 35.5. The van der Waals surface area contributed by atoms with Crippen LogP contribution in [-0.2, 0) is 29.2 Å². The molecule has 11 heteroatoms. The van der Waals surface area contributed by atoms with Gasteiger partial charge in [-0.3, -0.25) is 14.6 Å². The Balaban J connectivity index is 0.00000342. The van der Waals surface area contributed by atoms with Crippen LogP contribution in [0.15, 0.2) is 41.5 Å². The largest absolute Gasteiger partial charge is 0.454 e. The zero-order chi connectivity index (χ0) is 24.2. The minimum absolute atomic E-state index is 0. The molecule has 0 saturated carbocycles. The number of amides is 2. The number of ether oxygens (including phenoxy) is 2. The van der Waals surface area contributed by atoms with Crippen molar-refractivity contribution in [1.82, 2.24) is 15.8 Å². The van der Waals surface area contributed by atoms with Gasteiger partial charge < -0.3 is 20.5 Å². The summed E-state index contributed by atoms with van der Waals surface area (Å²) < 4.78 is 10.7. The van der Waals surface area contributed by atoms with Crippen LogP contribution in [0.25, 0.3) is 0 Å². The van der Waals surface area contributed by atoms with Crippen LogP contribution in [0, 0.1) is 0 Å².